The van der Waals surface area contributed by atoms with Gasteiger partial charge in [-0.2, -0.15) is 0 Å². The second-order valence-electron chi connectivity index (χ2n) is 5.62. The third kappa shape index (κ3) is 3.14. The van der Waals surface area contributed by atoms with Crippen LogP contribution in [0, 0.1) is 13.8 Å². The molecule has 1 aromatic carbocycles. The van der Waals surface area contributed by atoms with Gasteiger partial charge in [-0.25, -0.2) is 0 Å². The fraction of sp³-hybridized carbons (Fsp3) is 0.389. The van der Waals surface area contributed by atoms with Crippen LogP contribution in [-0.4, -0.2) is 36.2 Å². The van der Waals surface area contributed by atoms with Gasteiger partial charge in [-0.05, 0) is 30.5 Å². The molecule has 1 aliphatic heterocycles. The zero-order valence-corrected chi connectivity index (χ0v) is 12.8. The van der Waals surface area contributed by atoms with Crippen molar-refractivity contribution in [2.24, 2.45) is 0 Å². The lowest BCUT2D eigenvalue weighted by molar-refractivity contribution is 0.0341. The molecule has 1 fully saturated rings. The smallest absolute Gasteiger partial charge is 0.0594 e. The number of hydrogen-bond acceptors (Lipinski definition) is 3. The van der Waals surface area contributed by atoms with Crippen LogP contribution in [0.15, 0.2) is 36.5 Å². The van der Waals surface area contributed by atoms with E-state index in [9.17, 15) is 0 Å². The third-order valence-electron chi connectivity index (χ3n) is 4.28. The van der Waals surface area contributed by atoms with E-state index in [4.69, 9.17) is 4.74 Å². The molecule has 0 atom stereocenters. The van der Waals surface area contributed by atoms with Crippen LogP contribution in [0.5, 0.6) is 0 Å². The summed E-state index contributed by atoms with van der Waals surface area (Å²) in [6.45, 7) is 8.94. The van der Waals surface area contributed by atoms with Crippen molar-refractivity contribution in [2.45, 2.75) is 20.4 Å². The topological polar surface area (TPSA) is 25.4 Å². The standard InChI is InChI=1S/C18H22N2O/c1-14-15(2)19-12-17(16-6-4-3-5-7-16)18(14)13-20-8-10-21-11-9-20/h3-7,12H,8-11,13H2,1-2H3. The minimum absolute atomic E-state index is 0.837. The molecule has 1 saturated heterocycles. The number of benzene rings is 1. The molecule has 3 nitrogen and oxygen atoms in total. The van der Waals surface area contributed by atoms with Crippen LogP contribution in [0.25, 0.3) is 11.1 Å². The van der Waals surface area contributed by atoms with Crippen molar-refractivity contribution in [3.63, 3.8) is 0 Å². The molecule has 0 spiro atoms. The molecule has 2 heterocycles. The van der Waals surface area contributed by atoms with Crippen molar-refractivity contribution in [1.82, 2.24) is 9.88 Å². The molecule has 0 aliphatic carbocycles. The Bertz CT molecular complexity index is 604. The lowest BCUT2D eigenvalue weighted by Gasteiger charge is -2.28. The maximum atomic E-state index is 5.45. The Labute approximate surface area is 126 Å². The van der Waals surface area contributed by atoms with E-state index in [2.05, 4.69) is 54.1 Å². The van der Waals surface area contributed by atoms with Gasteiger partial charge in [0.25, 0.3) is 0 Å². The summed E-state index contributed by atoms with van der Waals surface area (Å²) in [5.41, 5.74) is 6.33. The predicted octanol–water partition coefficient (Wildman–Crippen LogP) is 3.20. The summed E-state index contributed by atoms with van der Waals surface area (Å²) in [4.78, 5) is 7.04. The number of pyridine rings is 1. The Morgan fingerprint density at radius 3 is 2.52 bits per heavy atom. The summed E-state index contributed by atoms with van der Waals surface area (Å²) in [7, 11) is 0. The van der Waals surface area contributed by atoms with Gasteiger partial charge in [0.05, 0.1) is 13.2 Å². The zero-order chi connectivity index (χ0) is 14.7. The summed E-state index contributed by atoms with van der Waals surface area (Å²) in [6.07, 6.45) is 2.02. The van der Waals surface area contributed by atoms with Gasteiger partial charge in [-0.1, -0.05) is 30.3 Å². The van der Waals surface area contributed by atoms with Crippen LogP contribution in [0.1, 0.15) is 16.8 Å². The Morgan fingerprint density at radius 1 is 1.10 bits per heavy atom. The summed E-state index contributed by atoms with van der Waals surface area (Å²) >= 11 is 0. The van der Waals surface area contributed by atoms with Crippen LogP contribution in [0.2, 0.25) is 0 Å². The first-order valence-electron chi connectivity index (χ1n) is 7.56. The van der Waals surface area contributed by atoms with E-state index in [0.29, 0.717) is 0 Å². The summed E-state index contributed by atoms with van der Waals surface area (Å²) in [6, 6.07) is 10.6. The molecular formula is C18H22N2O. The van der Waals surface area contributed by atoms with Gasteiger partial charge < -0.3 is 4.74 Å². The molecule has 2 aromatic rings. The van der Waals surface area contributed by atoms with Crippen LogP contribution in [0.3, 0.4) is 0 Å². The lowest BCUT2D eigenvalue weighted by atomic mass is 9.96. The fourth-order valence-electron chi connectivity index (χ4n) is 2.81. The number of morpholine rings is 1. The Hall–Kier alpha value is -1.71. The van der Waals surface area contributed by atoms with E-state index in [-0.39, 0.29) is 0 Å². The SMILES string of the molecule is Cc1ncc(-c2ccccc2)c(CN2CCOCC2)c1C. The van der Waals surface area contributed by atoms with Crippen molar-refractivity contribution in [1.29, 1.82) is 0 Å². The van der Waals surface area contributed by atoms with Crippen molar-refractivity contribution < 1.29 is 4.74 Å². The normalized spacial score (nSPS) is 16.1. The minimum atomic E-state index is 0.837. The van der Waals surface area contributed by atoms with Gasteiger partial charge in [0, 0.05) is 37.1 Å². The molecule has 0 amide bonds. The van der Waals surface area contributed by atoms with E-state index in [1.807, 2.05) is 6.20 Å². The second-order valence-corrected chi connectivity index (χ2v) is 5.62. The zero-order valence-electron chi connectivity index (χ0n) is 12.8. The van der Waals surface area contributed by atoms with Crippen molar-refractivity contribution in [3.8, 4) is 11.1 Å². The van der Waals surface area contributed by atoms with E-state index < -0.39 is 0 Å². The van der Waals surface area contributed by atoms with Crippen molar-refractivity contribution in [2.75, 3.05) is 26.3 Å². The molecule has 0 unspecified atom stereocenters. The molecule has 1 aromatic heterocycles. The number of nitrogens with zero attached hydrogens (tertiary/aromatic N) is 2. The highest BCUT2D eigenvalue weighted by atomic mass is 16.5. The maximum Gasteiger partial charge on any atom is 0.0594 e. The Balaban J connectivity index is 1.98. The lowest BCUT2D eigenvalue weighted by Crippen LogP contribution is -2.36. The van der Waals surface area contributed by atoms with Gasteiger partial charge in [-0.15, -0.1) is 0 Å². The van der Waals surface area contributed by atoms with Crippen LogP contribution in [0.4, 0.5) is 0 Å². The Morgan fingerprint density at radius 2 is 1.81 bits per heavy atom. The molecule has 1 aliphatic rings. The van der Waals surface area contributed by atoms with Gasteiger partial charge >= 0.3 is 0 Å². The fourth-order valence-corrected chi connectivity index (χ4v) is 2.81. The van der Waals surface area contributed by atoms with Crippen molar-refractivity contribution >= 4 is 0 Å². The number of rotatable bonds is 3. The Kier molecular flexibility index (Phi) is 4.32. The van der Waals surface area contributed by atoms with Crippen LogP contribution in [-0.2, 0) is 11.3 Å². The average molecular weight is 282 g/mol. The van der Waals surface area contributed by atoms with E-state index in [1.54, 1.807) is 0 Å². The predicted molar refractivity (Wildman–Crippen MR) is 85.2 cm³/mol. The highest BCUT2D eigenvalue weighted by Crippen LogP contribution is 2.28. The van der Waals surface area contributed by atoms with Crippen molar-refractivity contribution in [3.05, 3.63) is 53.3 Å². The monoisotopic (exact) mass is 282 g/mol. The number of aromatic nitrogens is 1. The molecule has 0 radical (unpaired) electrons. The molecule has 21 heavy (non-hydrogen) atoms. The number of aryl methyl sites for hydroxylation is 1. The molecule has 3 heteroatoms. The van der Waals surface area contributed by atoms with Crippen LogP contribution < -0.4 is 0 Å². The first-order chi connectivity index (χ1) is 10.3. The largest absolute Gasteiger partial charge is 0.379 e. The van der Waals surface area contributed by atoms with Gasteiger partial charge in [-0.3, -0.25) is 9.88 Å². The van der Waals surface area contributed by atoms with E-state index >= 15 is 0 Å². The highest BCUT2D eigenvalue weighted by molar-refractivity contribution is 5.68. The molecule has 3 rings (SSSR count). The summed E-state index contributed by atoms with van der Waals surface area (Å²) in [5.74, 6) is 0. The third-order valence-corrected chi connectivity index (χ3v) is 4.28. The maximum absolute atomic E-state index is 5.45. The summed E-state index contributed by atoms with van der Waals surface area (Å²) < 4.78 is 5.45. The molecule has 0 bridgehead atoms. The summed E-state index contributed by atoms with van der Waals surface area (Å²) in [5, 5.41) is 0. The molecule has 0 saturated carbocycles. The van der Waals surface area contributed by atoms with Gasteiger partial charge in [0.15, 0.2) is 0 Å². The van der Waals surface area contributed by atoms with Gasteiger partial charge in [0.2, 0.25) is 0 Å². The van der Waals surface area contributed by atoms with E-state index in [1.165, 1.54) is 22.3 Å². The highest BCUT2D eigenvalue weighted by Gasteiger charge is 2.16. The molecule has 110 valence electrons. The first-order valence-corrected chi connectivity index (χ1v) is 7.56. The van der Waals surface area contributed by atoms with Gasteiger partial charge in [0.1, 0.15) is 0 Å². The minimum Gasteiger partial charge on any atom is -0.379 e. The van der Waals surface area contributed by atoms with Crippen LogP contribution >= 0.6 is 0 Å². The quantitative estimate of drug-likeness (QED) is 0.864. The first kappa shape index (κ1) is 14.2. The van der Waals surface area contributed by atoms with E-state index in [0.717, 1.165) is 38.5 Å². The number of ether oxygens (including phenoxy) is 1. The number of hydrogen-bond donors (Lipinski definition) is 0. The molecular weight excluding hydrogens is 260 g/mol. The molecule has 0 N–H and O–H groups in total. The average Bonchev–Trinajstić information content (AvgIpc) is 2.54. The second kappa shape index (κ2) is 6.37.